The highest BCUT2D eigenvalue weighted by Crippen LogP contribution is 2.19. The lowest BCUT2D eigenvalue weighted by Gasteiger charge is -2.35. The maximum Gasteiger partial charge on any atom is 0.350 e. The van der Waals surface area contributed by atoms with Crippen LogP contribution >= 0.6 is 0 Å². The van der Waals surface area contributed by atoms with Crippen LogP contribution in [0.5, 0.6) is 0 Å². The van der Waals surface area contributed by atoms with Crippen LogP contribution in [-0.4, -0.2) is 56.3 Å². The number of nitrogens with zero attached hydrogens (tertiary/aromatic N) is 7. The Hall–Kier alpha value is -4.65. The number of piperazine rings is 1. The second-order valence-electron chi connectivity index (χ2n) is 7.96. The van der Waals surface area contributed by atoms with Crippen molar-refractivity contribution in [3.63, 3.8) is 0 Å². The molecule has 4 heterocycles. The smallest absolute Gasteiger partial charge is 0.350 e. The number of nitriles is 1. The van der Waals surface area contributed by atoms with E-state index in [1.54, 1.807) is 41.6 Å². The van der Waals surface area contributed by atoms with Crippen LogP contribution in [0.4, 0.5) is 16.3 Å². The zero-order chi connectivity index (χ0) is 23.5. The molecule has 1 aliphatic rings. The van der Waals surface area contributed by atoms with E-state index in [4.69, 9.17) is 0 Å². The summed E-state index contributed by atoms with van der Waals surface area (Å²) in [5.74, 6) is 0.653. The summed E-state index contributed by atoms with van der Waals surface area (Å²) in [6, 6.07) is 18.3. The fourth-order valence-corrected chi connectivity index (χ4v) is 4.05. The molecule has 0 bridgehead atoms. The van der Waals surface area contributed by atoms with Gasteiger partial charge in [-0.3, -0.25) is 4.40 Å². The first-order chi connectivity index (χ1) is 16.6. The molecule has 0 spiro atoms. The van der Waals surface area contributed by atoms with Crippen molar-refractivity contribution in [2.24, 2.45) is 0 Å². The van der Waals surface area contributed by atoms with Crippen LogP contribution in [0.15, 0.2) is 71.8 Å². The van der Waals surface area contributed by atoms with Crippen LogP contribution in [-0.2, 0) is 6.54 Å². The van der Waals surface area contributed by atoms with Gasteiger partial charge < -0.3 is 15.1 Å². The SMILES string of the molecule is N#Cc1cccnc1N1CCN(C(=O)Nc2cccc(Cn3nc4ccccn4c3=O)c2)CC1. The van der Waals surface area contributed by atoms with Crippen molar-refractivity contribution < 1.29 is 4.79 Å². The number of fused-ring (bicyclic) bond motifs is 1. The van der Waals surface area contributed by atoms with Gasteiger partial charge in [-0.25, -0.2) is 19.3 Å². The van der Waals surface area contributed by atoms with Crippen LogP contribution in [0.25, 0.3) is 5.65 Å². The molecule has 5 rings (SSSR count). The fraction of sp³-hybridized carbons (Fsp3) is 0.208. The molecule has 4 aromatic rings. The molecule has 10 nitrogen and oxygen atoms in total. The van der Waals surface area contributed by atoms with Gasteiger partial charge in [0.25, 0.3) is 0 Å². The molecule has 1 aromatic carbocycles. The second kappa shape index (κ2) is 9.07. The molecule has 1 saturated heterocycles. The van der Waals surface area contributed by atoms with Gasteiger partial charge in [-0.1, -0.05) is 18.2 Å². The van der Waals surface area contributed by atoms with Crippen molar-refractivity contribution in [1.82, 2.24) is 24.1 Å². The monoisotopic (exact) mass is 454 g/mol. The Labute approximate surface area is 195 Å². The third kappa shape index (κ3) is 4.19. The largest absolute Gasteiger partial charge is 0.352 e. The molecule has 0 saturated carbocycles. The number of amides is 2. The molecular weight excluding hydrogens is 432 g/mol. The van der Waals surface area contributed by atoms with E-state index in [9.17, 15) is 14.9 Å². The highest BCUT2D eigenvalue weighted by molar-refractivity contribution is 5.89. The average molecular weight is 454 g/mol. The van der Waals surface area contributed by atoms with E-state index < -0.39 is 0 Å². The maximum absolute atomic E-state index is 12.8. The number of hydrogen-bond donors (Lipinski definition) is 1. The van der Waals surface area contributed by atoms with E-state index in [0.717, 1.165) is 5.56 Å². The molecule has 0 radical (unpaired) electrons. The first-order valence-electron chi connectivity index (χ1n) is 10.9. The van der Waals surface area contributed by atoms with Gasteiger partial charge in [0.15, 0.2) is 5.65 Å². The van der Waals surface area contributed by atoms with Crippen molar-refractivity contribution >= 4 is 23.2 Å². The minimum absolute atomic E-state index is 0.191. The Bertz CT molecular complexity index is 1440. The van der Waals surface area contributed by atoms with Crippen molar-refractivity contribution in [2.75, 3.05) is 36.4 Å². The quantitative estimate of drug-likeness (QED) is 0.506. The van der Waals surface area contributed by atoms with E-state index in [1.165, 1.54) is 9.08 Å². The summed E-state index contributed by atoms with van der Waals surface area (Å²) in [7, 11) is 0. The summed E-state index contributed by atoms with van der Waals surface area (Å²) in [6.45, 7) is 2.52. The standard InChI is InChI=1S/C24H22N8O2/c25-16-19-6-4-9-26-22(19)29-11-13-30(14-12-29)23(33)27-20-7-3-5-18(15-20)17-32-24(34)31-10-2-1-8-21(31)28-32/h1-10,15H,11-14,17H2,(H,27,33). The Morgan fingerprint density at radius 1 is 1.06 bits per heavy atom. The molecule has 0 atom stereocenters. The van der Waals surface area contributed by atoms with Gasteiger partial charge >= 0.3 is 11.7 Å². The van der Waals surface area contributed by atoms with Gasteiger partial charge in [0, 0.05) is 44.3 Å². The molecule has 10 heteroatoms. The van der Waals surface area contributed by atoms with E-state index >= 15 is 0 Å². The Balaban J connectivity index is 1.23. The molecule has 1 N–H and O–H groups in total. The molecule has 34 heavy (non-hydrogen) atoms. The summed E-state index contributed by atoms with van der Waals surface area (Å²) < 4.78 is 2.90. The lowest BCUT2D eigenvalue weighted by atomic mass is 10.2. The van der Waals surface area contributed by atoms with Gasteiger partial charge in [0.1, 0.15) is 11.9 Å². The second-order valence-corrected chi connectivity index (χ2v) is 7.96. The predicted molar refractivity (Wildman–Crippen MR) is 127 cm³/mol. The van der Waals surface area contributed by atoms with Crippen molar-refractivity contribution in [1.29, 1.82) is 5.26 Å². The third-order valence-electron chi connectivity index (χ3n) is 5.77. The molecule has 170 valence electrons. The molecular formula is C24H22N8O2. The molecule has 3 aromatic heterocycles. The number of rotatable bonds is 4. The number of carbonyl (C=O) groups is 1. The number of anilines is 2. The summed E-state index contributed by atoms with van der Waals surface area (Å²) in [5, 5.41) is 16.6. The zero-order valence-electron chi connectivity index (χ0n) is 18.3. The topological polar surface area (TPSA) is 112 Å². The van der Waals surface area contributed by atoms with Gasteiger partial charge in [0.2, 0.25) is 0 Å². The van der Waals surface area contributed by atoms with Crippen molar-refractivity contribution in [3.8, 4) is 6.07 Å². The van der Waals surface area contributed by atoms with Crippen LogP contribution < -0.4 is 15.9 Å². The first-order valence-corrected chi connectivity index (χ1v) is 10.9. The average Bonchev–Trinajstić information content (AvgIpc) is 3.19. The van der Waals surface area contributed by atoms with E-state index in [0.29, 0.717) is 55.4 Å². The number of benzene rings is 1. The first kappa shape index (κ1) is 21.2. The lowest BCUT2D eigenvalue weighted by molar-refractivity contribution is 0.208. The van der Waals surface area contributed by atoms with Gasteiger partial charge in [0.05, 0.1) is 12.1 Å². The Morgan fingerprint density at radius 2 is 1.91 bits per heavy atom. The molecule has 1 aliphatic heterocycles. The molecule has 2 amide bonds. The number of hydrogen-bond acceptors (Lipinski definition) is 6. The number of pyridine rings is 2. The van der Waals surface area contributed by atoms with Crippen molar-refractivity contribution in [2.45, 2.75) is 6.54 Å². The fourth-order valence-electron chi connectivity index (χ4n) is 4.05. The highest BCUT2D eigenvalue weighted by atomic mass is 16.2. The van der Waals surface area contributed by atoms with Crippen LogP contribution in [0.2, 0.25) is 0 Å². The molecule has 0 aliphatic carbocycles. The lowest BCUT2D eigenvalue weighted by Crippen LogP contribution is -2.50. The third-order valence-corrected chi connectivity index (χ3v) is 5.77. The minimum atomic E-state index is -0.213. The Morgan fingerprint density at radius 3 is 2.71 bits per heavy atom. The van der Waals surface area contributed by atoms with Crippen LogP contribution in [0.1, 0.15) is 11.1 Å². The summed E-state index contributed by atoms with van der Waals surface area (Å²) in [4.78, 5) is 33.5. The minimum Gasteiger partial charge on any atom is -0.352 e. The maximum atomic E-state index is 12.8. The number of aromatic nitrogens is 4. The normalized spacial score (nSPS) is 13.6. The predicted octanol–water partition coefficient (Wildman–Crippen LogP) is 2.17. The van der Waals surface area contributed by atoms with E-state index in [-0.39, 0.29) is 11.7 Å². The number of carbonyl (C=O) groups excluding carboxylic acids is 1. The van der Waals surface area contributed by atoms with Crippen molar-refractivity contribution in [3.05, 3.63) is 88.6 Å². The van der Waals surface area contributed by atoms with E-state index in [1.807, 2.05) is 35.2 Å². The molecule has 0 unspecified atom stereocenters. The van der Waals surface area contributed by atoms with E-state index in [2.05, 4.69) is 21.5 Å². The van der Waals surface area contributed by atoms with Crippen LogP contribution in [0, 0.1) is 11.3 Å². The summed E-state index contributed by atoms with van der Waals surface area (Å²) in [5.41, 5.74) is 2.41. The Kier molecular flexibility index (Phi) is 5.66. The number of urea groups is 1. The van der Waals surface area contributed by atoms with Crippen LogP contribution in [0.3, 0.4) is 0 Å². The van der Waals surface area contributed by atoms with Gasteiger partial charge in [-0.15, -0.1) is 5.10 Å². The number of nitrogens with one attached hydrogen (secondary N) is 1. The van der Waals surface area contributed by atoms with Gasteiger partial charge in [-0.2, -0.15) is 5.26 Å². The summed E-state index contributed by atoms with van der Waals surface area (Å²) in [6.07, 6.45) is 3.36. The zero-order valence-corrected chi connectivity index (χ0v) is 18.3. The van der Waals surface area contributed by atoms with Gasteiger partial charge in [-0.05, 0) is 42.0 Å². The molecule has 1 fully saturated rings. The highest BCUT2D eigenvalue weighted by Gasteiger charge is 2.23. The summed E-state index contributed by atoms with van der Waals surface area (Å²) >= 11 is 0.